The van der Waals surface area contributed by atoms with Crippen LogP contribution in [-0.4, -0.2) is 21.7 Å². The normalized spacial score (nSPS) is 22.5. The summed E-state index contributed by atoms with van der Waals surface area (Å²) in [6.07, 6.45) is 0.492. The van der Waals surface area contributed by atoms with Gasteiger partial charge in [0.2, 0.25) is 0 Å². The average Bonchev–Trinajstić information content (AvgIpc) is 1.82. The number of rotatable bonds is 2. The summed E-state index contributed by atoms with van der Waals surface area (Å²) in [6, 6.07) is 0. The largest absolute Gasteiger partial charge is 0.383 e. The van der Waals surface area contributed by atoms with Crippen LogP contribution in [0.1, 0.15) is 19.3 Å². The molecule has 0 aliphatic heterocycles. The smallest absolute Gasteiger partial charge is 0.342 e. The maximum Gasteiger partial charge on any atom is 0.342 e. The number of carbonyl (C=O) groups is 1. The van der Waals surface area contributed by atoms with E-state index in [1.165, 1.54) is 0 Å². The summed E-state index contributed by atoms with van der Waals surface area (Å²) < 4.78 is 25.4. The third-order valence-electron chi connectivity index (χ3n) is 2.03. The summed E-state index contributed by atoms with van der Waals surface area (Å²) in [5, 5.41) is 7.53. The first-order valence-corrected chi connectivity index (χ1v) is 3.68. The highest BCUT2D eigenvalue weighted by atomic mass is 32.1. The van der Waals surface area contributed by atoms with E-state index < -0.39 is 16.6 Å². The standard InChI is InChI=1S/C6H8F2O2S/c7-6(8,4(9)11)5(10)2-1-3-5/h10H,1-3H2,(H,9,11). The van der Waals surface area contributed by atoms with E-state index in [0.29, 0.717) is 6.42 Å². The van der Waals surface area contributed by atoms with Gasteiger partial charge in [0.15, 0.2) is 0 Å². The van der Waals surface area contributed by atoms with Gasteiger partial charge in [-0.05, 0) is 19.3 Å². The number of hydrogen-bond donors (Lipinski definition) is 2. The van der Waals surface area contributed by atoms with E-state index in [9.17, 15) is 13.6 Å². The van der Waals surface area contributed by atoms with Crippen LogP contribution >= 0.6 is 12.6 Å². The fraction of sp³-hybridized carbons (Fsp3) is 0.833. The maximum absolute atomic E-state index is 12.7. The van der Waals surface area contributed by atoms with Gasteiger partial charge in [0.25, 0.3) is 5.12 Å². The highest BCUT2D eigenvalue weighted by molar-refractivity contribution is 7.96. The van der Waals surface area contributed by atoms with Crippen molar-refractivity contribution in [3.8, 4) is 0 Å². The van der Waals surface area contributed by atoms with Crippen LogP contribution in [0, 0.1) is 0 Å². The Kier molecular flexibility index (Phi) is 1.96. The summed E-state index contributed by atoms with van der Waals surface area (Å²) >= 11 is 3.01. The molecule has 1 saturated carbocycles. The Morgan fingerprint density at radius 2 is 2.00 bits per heavy atom. The minimum Gasteiger partial charge on any atom is -0.383 e. The molecule has 1 N–H and O–H groups in total. The van der Waals surface area contributed by atoms with Crippen LogP contribution in [0.5, 0.6) is 0 Å². The van der Waals surface area contributed by atoms with Gasteiger partial charge in [0.05, 0.1) is 0 Å². The van der Waals surface area contributed by atoms with Crippen LogP contribution < -0.4 is 0 Å². The van der Waals surface area contributed by atoms with E-state index in [1.54, 1.807) is 0 Å². The Labute approximate surface area is 68.0 Å². The predicted octanol–water partition coefficient (Wildman–Crippen LogP) is 0.993. The topological polar surface area (TPSA) is 37.3 Å². The van der Waals surface area contributed by atoms with Crippen LogP contribution in [0.4, 0.5) is 8.78 Å². The van der Waals surface area contributed by atoms with E-state index in [2.05, 4.69) is 12.6 Å². The van der Waals surface area contributed by atoms with E-state index >= 15 is 0 Å². The van der Waals surface area contributed by atoms with Crippen molar-refractivity contribution in [3.63, 3.8) is 0 Å². The summed E-state index contributed by atoms with van der Waals surface area (Å²) in [5.74, 6) is -3.69. The highest BCUT2D eigenvalue weighted by Crippen LogP contribution is 2.44. The Morgan fingerprint density at radius 1 is 1.55 bits per heavy atom. The first-order chi connectivity index (χ1) is 4.90. The first kappa shape index (κ1) is 8.93. The second-order valence-electron chi connectivity index (χ2n) is 2.76. The lowest BCUT2D eigenvalue weighted by molar-refractivity contribution is -0.207. The highest BCUT2D eigenvalue weighted by Gasteiger charge is 2.59. The Morgan fingerprint density at radius 3 is 2.09 bits per heavy atom. The number of halogens is 2. The van der Waals surface area contributed by atoms with Crippen molar-refractivity contribution >= 4 is 17.7 Å². The Bertz CT molecular complexity index is 189. The molecule has 0 radical (unpaired) electrons. The molecule has 2 nitrogen and oxygen atoms in total. The molecule has 1 aliphatic carbocycles. The van der Waals surface area contributed by atoms with E-state index in [1.807, 2.05) is 0 Å². The number of thiol groups is 1. The van der Waals surface area contributed by atoms with Crippen molar-refractivity contribution in [2.75, 3.05) is 0 Å². The molecule has 0 aromatic rings. The van der Waals surface area contributed by atoms with Gasteiger partial charge in [-0.1, -0.05) is 12.6 Å². The Balaban J connectivity index is 2.78. The lowest BCUT2D eigenvalue weighted by atomic mass is 9.76. The van der Waals surface area contributed by atoms with Gasteiger partial charge in [0.1, 0.15) is 5.60 Å². The third kappa shape index (κ3) is 1.16. The van der Waals surface area contributed by atoms with Crippen LogP contribution in [-0.2, 0) is 4.79 Å². The van der Waals surface area contributed by atoms with Crippen LogP contribution in [0.2, 0.25) is 0 Å². The van der Waals surface area contributed by atoms with Crippen molar-refractivity contribution in [2.24, 2.45) is 0 Å². The number of hydrogen-bond acceptors (Lipinski definition) is 2. The second kappa shape index (κ2) is 2.42. The molecular formula is C6H8F2O2S. The molecule has 1 fully saturated rings. The molecule has 1 aliphatic rings. The summed E-state index contributed by atoms with van der Waals surface area (Å²) in [6.45, 7) is 0. The monoisotopic (exact) mass is 182 g/mol. The zero-order valence-electron chi connectivity index (χ0n) is 5.68. The molecule has 0 aromatic carbocycles. The molecule has 0 spiro atoms. The van der Waals surface area contributed by atoms with Gasteiger partial charge >= 0.3 is 5.92 Å². The van der Waals surface area contributed by atoms with Gasteiger partial charge in [-0.15, -0.1) is 0 Å². The van der Waals surface area contributed by atoms with Gasteiger partial charge in [-0.3, -0.25) is 4.79 Å². The fourth-order valence-electron chi connectivity index (χ4n) is 1.02. The molecule has 0 bridgehead atoms. The van der Waals surface area contributed by atoms with E-state index in [-0.39, 0.29) is 12.8 Å². The molecule has 0 amide bonds. The van der Waals surface area contributed by atoms with Gasteiger partial charge in [-0.25, -0.2) is 0 Å². The first-order valence-electron chi connectivity index (χ1n) is 3.24. The lowest BCUT2D eigenvalue weighted by Crippen LogP contribution is -2.56. The molecule has 0 atom stereocenters. The second-order valence-corrected chi connectivity index (χ2v) is 3.17. The summed E-state index contributed by atoms with van der Waals surface area (Å²) in [5.41, 5.74) is -2.12. The summed E-state index contributed by atoms with van der Waals surface area (Å²) in [4.78, 5) is 10.3. The number of carbonyl (C=O) groups excluding carboxylic acids is 1. The third-order valence-corrected chi connectivity index (χ3v) is 2.31. The van der Waals surface area contributed by atoms with Crippen LogP contribution in [0.25, 0.3) is 0 Å². The van der Waals surface area contributed by atoms with Crippen molar-refractivity contribution in [1.29, 1.82) is 0 Å². The van der Waals surface area contributed by atoms with Crippen molar-refractivity contribution < 1.29 is 18.7 Å². The molecular weight excluding hydrogens is 174 g/mol. The molecule has 0 aromatic heterocycles. The molecule has 0 heterocycles. The maximum atomic E-state index is 12.7. The molecule has 0 saturated heterocycles. The van der Waals surface area contributed by atoms with Crippen LogP contribution in [0.15, 0.2) is 0 Å². The summed E-state index contributed by atoms with van der Waals surface area (Å²) in [7, 11) is 0. The molecule has 11 heavy (non-hydrogen) atoms. The number of aliphatic hydroxyl groups is 1. The van der Waals surface area contributed by atoms with E-state index in [0.717, 1.165) is 0 Å². The molecule has 0 unspecified atom stereocenters. The molecule has 1 rings (SSSR count). The minimum atomic E-state index is -3.69. The fourth-order valence-corrected chi connectivity index (χ4v) is 1.23. The van der Waals surface area contributed by atoms with Crippen LogP contribution in [0.3, 0.4) is 0 Å². The average molecular weight is 182 g/mol. The molecule has 64 valence electrons. The lowest BCUT2D eigenvalue weighted by Gasteiger charge is -2.40. The van der Waals surface area contributed by atoms with Gasteiger partial charge in [-0.2, -0.15) is 8.78 Å². The molecule has 5 heteroatoms. The van der Waals surface area contributed by atoms with Crippen molar-refractivity contribution in [1.82, 2.24) is 0 Å². The zero-order chi connectivity index (χ0) is 8.70. The zero-order valence-corrected chi connectivity index (χ0v) is 6.57. The van der Waals surface area contributed by atoms with Gasteiger partial charge < -0.3 is 5.11 Å². The predicted molar refractivity (Wildman–Crippen MR) is 37.7 cm³/mol. The SMILES string of the molecule is O=C(S)C(F)(F)C1(O)CCC1. The van der Waals surface area contributed by atoms with E-state index in [4.69, 9.17) is 5.11 Å². The number of alkyl halides is 2. The van der Waals surface area contributed by atoms with Gasteiger partial charge in [0, 0.05) is 0 Å². The van der Waals surface area contributed by atoms with Crippen molar-refractivity contribution in [3.05, 3.63) is 0 Å². The van der Waals surface area contributed by atoms with Crippen molar-refractivity contribution in [2.45, 2.75) is 30.8 Å². The minimum absolute atomic E-state index is 0.0215. The Hall–Kier alpha value is -0.160. The quantitative estimate of drug-likeness (QED) is 0.625.